The average Bonchev–Trinajstić information content (AvgIpc) is 2.72. The van der Waals surface area contributed by atoms with Crippen molar-refractivity contribution in [3.63, 3.8) is 0 Å². The molecule has 0 aliphatic carbocycles. The summed E-state index contributed by atoms with van der Waals surface area (Å²) in [4.78, 5) is 15.4. The summed E-state index contributed by atoms with van der Waals surface area (Å²) in [6.45, 7) is 1.19. The Morgan fingerprint density at radius 2 is 1.78 bits per heavy atom. The lowest BCUT2D eigenvalue weighted by atomic mass is 10.0. The van der Waals surface area contributed by atoms with Gasteiger partial charge in [0.05, 0.1) is 5.56 Å². The van der Waals surface area contributed by atoms with Crippen molar-refractivity contribution in [2.24, 2.45) is 0 Å². The molecular formula is C21H17ClF3N3O3S. The summed E-state index contributed by atoms with van der Waals surface area (Å²) < 4.78 is 67.2. The third-order valence-corrected chi connectivity index (χ3v) is 6.24. The average molecular weight is 484 g/mol. The van der Waals surface area contributed by atoms with E-state index in [1.54, 1.807) is 0 Å². The van der Waals surface area contributed by atoms with Crippen LogP contribution in [0.4, 0.5) is 18.9 Å². The minimum atomic E-state index is -4.53. The molecule has 0 spiro atoms. The Balaban J connectivity index is 1.89. The molecule has 0 fully saturated rings. The molecular weight excluding hydrogens is 467 g/mol. The van der Waals surface area contributed by atoms with E-state index >= 15 is 0 Å². The van der Waals surface area contributed by atoms with Gasteiger partial charge in [-0.2, -0.15) is 13.2 Å². The number of rotatable bonds is 6. The van der Waals surface area contributed by atoms with E-state index in [0.29, 0.717) is 5.56 Å². The van der Waals surface area contributed by atoms with Crippen LogP contribution in [0.25, 0.3) is 11.1 Å². The van der Waals surface area contributed by atoms with Crippen LogP contribution >= 0.6 is 11.6 Å². The Bertz CT molecular complexity index is 1220. The van der Waals surface area contributed by atoms with Gasteiger partial charge in [0.15, 0.2) is 5.37 Å². The predicted molar refractivity (Wildman–Crippen MR) is 115 cm³/mol. The normalized spacial score (nSPS) is 12.8. The molecule has 11 heteroatoms. The van der Waals surface area contributed by atoms with Gasteiger partial charge in [-0.3, -0.25) is 14.5 Å². The lowest BCUT2D eigenvalue weighted by Gasteiger charge is -2.20. The van der Waals surface area contributed by atoms with Gasteiger partial charge in [-0.25, -0.2) is 8.42 Å². The summed E-state index contributed by atoms with van der Waals surface area (Å²) in [5.41, 5.74) is 0.0760. The molecule has 1 atom stereocenters. The molecule has 0 aliphatic rings. The number of carbonyl (C=O) groups excluding carboxylic acids is 1. The molecule has 2 aromatic carbocycles. The van der Waals surface area contributed by atoms with Crippen molar-refractivity contribution in [2.45, 2.75) is 18.5 Å². The molecule has 3 aromatic rings. The highest BCUT2D eigenvalue weighted by Gasteiger charge is 2.31. The van der Waals surface area contributed by atoms with Crippen molar-refractivity contribution in [2.75, 3.05) is 4.72 Å². The molecule has 1 unspecified atom stereocenters. The third kappa shape index (κ3) is 5.57. The molecule has 1 aromatic heterocycles. The van der Waals surface area contributed by atoms with E-state index in [1.165, 1.54) is 55.7 Å². The van der Waals surface area contributed by atoms with Gasteiger partial charge in [0.1, 0.15) is 0 Å². The maximum absolute atomic E-state index is 13.0. The Kier molecular flexibility index (Phi) is 6.75. The molecule has 1 amide bonds. The quantitative estimate of drug-likeness (QED) is 0.516. The van der Waals surface area contributed by atoms with Gasteiger partial charge in [-0.15, -0.1) is 0 Å². The molecule has 0 aliphatic heterocycles. The van der Waals surface area contributed by atoms with Gasteiger partial charge < -0.3 is 5.32 Å². The van der Waals surface area contributed by atoms with E-state index in [-0.39, 0.29) is 21.8 Å². The fourth-order valence-electron chi connectivity index (χ4n) is 2.92. The molecule has 1 heterocycles. The zero-order valence-electron chi connectivity index (χ0n) is 16.5. The molecule has 168 valence electrons. The van der Waals surface area contributed by atoms with Gasteiger partial charge in [-0.05, 0) is 42.0 Å². The van der Waals surface area contributed by atoms with Crippen LogP contribution in [-0.2, 0) is 21.0 Å². The molecule has 0 radical (unpaired) electrons. The second-order valence-corrected chi connectivity index (χ2v) is 8.96. The van der Waals surface area contributed by atoms with Crippen LogP contribution in [0.1, 0.15) is 23.4 Å². The molecule has 0 saturated heterocycles. The van der Waals surface area contributed by atoms with Crippen LogP contribution < -0.4 is 10.0 Å². The summed E-state index contributed by atoms with van der Waals surface area (Å²) in [6, 6.07) is 11.7. The third-order valence-electron chi connectivity index (χ3n) is 4.38. The minimum absolute atomic E-state index is 0.119. The highest BCUT2D eigenvalue weighted by atomic mass is 35.5. The van der Waals surface area contributed by atoms with Gasteiger partial charge in [0, 0.05) is 41.2 Å². The van der Waals surface area contributed by atoms with Gasteiger partial charge in [-0.1, -0.05) is 29.8 Å². The van der Waals surface area contributed by atoms with E-state index in [2.05, 4.69) is 15.0 Å². The highest BCUT2D eigenvalue weighted by molar-refractivity contribution is 7.92. The summed E-state index contributed by atoms with van der Waals surface area (Å²) in [6.07, 6.45) is -1.75. The Morgan fingerprint density at radius 3 is 2.34 bits per heavy atom. The second kappa shape index (κ2) is 9.17. The molecule has 6 nitrogen and oxygen atoms in total. The van der Waals surface area contributed by atoms with E-state index in [1.807, 2.05) is 0 Å². The smallest absolute Gasteiger partial charge is 0.335 e. The standard InChI is InChI=1S/C21H17ClF3N3O3S/c1-13(29)27-20(15-3-2-10-26-12-15)32(30,31)28-17-7-4-14(5-8-17)18-11-16(21(23,24)25)6-9-19(18)22/h2-12,20,28H,1H3,(H,27,29). The first-order chi connectivity index (χ1) is 15.0. The van der Waals surface area contributed by atoms with E-state index in [9.17, 15) is 26.4 Å². The van der Waals surface area contributed by atoms with Crippen LogP contribution in [0.5, 0.6) is 0 Å². The van der Waals surface area contributed by atoms with Crippen molar-refractivity contribution in [3.8, 4) is 11.1 Å². The molecule has 32 heavy (non-hydrogen) atoms. The van der Waals surface area contributed by atoms with Crippen LogP contribution in [-0.4, -0.2) is 19.3 Å². The number of benzene rings is 2. The monoisotopic (exact) mass is 483 g/mol. The number of nitrogens with one attached hydrogen (secondary N) is 2. The number of anilines is 1. The Hall–Kier alpha value is -3.11. The van der Waals surface area contributed by atoms with Crippen molar-refractivity contribution < 1.29 is 26.4 Å². The summed E-state index contributed by atoms with van der Waals surface area (Å²) in [5.74, 6) is -0.557. The summed E-state index contributed by atoms with van der Waals surface area (Å²) in [5, 5.41) is 1.09. The minimum Gasteiger partial charge on any atom is -0.335 e. The fraction of sp³-hybridized carbons (Fsp3) is 0.143. The van der Waals surface area contributed by atoms with Crippen molar-refractivity contribution >= 4 is 33.2 Å². The first-order valence-corrected chi connectivity index (χ1v) is 11.1. The zero-order valence-corrected chi connectivity index (χ0v) is 18.1. The van der Waals surface area contributed by atoms with Crippen molar-refractivity contribution in [1.29, 1.82) is 0 Å². The number of hydrogen-bond donors (Lipinski definition) is 2. The number of alkyl halides is 3. The predicted octanol–water partition coefficient (Wildman–Crippen LogP) is 5.00. The second-order valence-electron chi connectivity index (χ2n) is 6.78. The fourth-order valence-corrected chi connectivity index (χ4v) is 4.55. The largest absolute Gasteiger partial charge is 0.416 e. The maximum atomic E-state index is 13.0. The number of pyridine rings is 1. The van der Waals surface area contributed by atoms with Gasteiger partial charge in [0.2, 0.25) is 5.91 Å². The van der Waals surface area contributed by atoms with Gasteiger partial charge in [0.25, 0.3) is 10.0 Å². The van der Waals surface area contributed by atoms with Crippen molar-refractivity contribution in [1.82, 2.24) is 10.3 Å². The van der Waals surface area contributed by atoms with Gasteiger partial charge >= 0.3 is 6.18 Å². The number of nitrogens with zero attached hydrogens (tertiary/aromatic N) is 1. The van der Waals surface area contributed by atoms with E-state index < -0.39 is 33.0 Å². The lowest BCUT2D eigenvalue weighted by Crippen LogP contribution is -2.35. The zero-order chi connectivity index (χ0) is 23.5. The molecule has 0 bridgehead atoms. The summed E-state index contributed by atoms with van der Waals surface area (Å²) in [7, 11) is -4.13. The number of sulfonamides is 1. The Morgan fingerprint density at radius 1 is 1.09 bits per heavy atom. The number of hydrogen-bond acceptors (Lipinski definition) is 4. The first kappa shape index (κ1) is 23.6. The molecule has 2 N–H and O–H groups in total. The van der Waals surface area contributed by atoms with Crippen molar-refractivity contribution in [3.05, 3.63) is 83.1 Å². The first-order valence-electron chi connectivity index (χ1n) is 9.13. The van der Waals surface area contributed by atoms with Crippen LogP contribution in [0, 0.1) is 0 Å². The maximum Gasteiger partial charge on any atom is 0.416 e. The van der Waals surface area contributed by atoms with E-state index in [4.69, 9.17) is 11.6 Å². The lowest BCUT2D eigenvalue weighted by molar-refractivity contribution is -0.137. The topological polar surface area (TPSA) is 88.2 Å². The Labute approximate surface area is 187 Å². The molecule has 0 saturated carbocycles. The van der Waals surface area contributed by atoms with Crippen LogP contribution in [0.3, 0.4) is 0 Å². The number of halogens is 4. The van der Waals surface area contributed by atoms with Crippen LogP contribution in [0.15, 0.2) is 67.0 Å². The summed E-state index contributed by atoms with van der Waals surface area (Å²) >= 11 is 6.06. The van der Waals surface area contributed by atoms with E-state index in [0.717, 1.165) is 18.2 Å². The SMILES string of the molecule is CC(=O)NC(c1cccnc1)S(=O)(=O)Nc1ccc(-c2cc(C(F)(F)F)ccc2Cl)cc1. The number of carbonyl (C=O) groups is 1. The number of amides is 1. The highest BCUT2D eigenvalue weighted by Crippen LogP contribution is 2.36. The van der Waals surface area contributed by atoms with Crippen LogP contribution in [0.2, 0.25) is 5.02 Å². The number of aromatic nitrogens is 1. The molecule has 3 rings (SSSR count).